The summed E-state index contributed by atoms with van der Waals surface area (Å²) in [5.74, 6) is -1.38. The molecule has 0 unspecified atom stereocenters. The van der Waals surface area contributed by atoms with Crippen LogP contribution in [0.2, 0.25) is 0 Å². The molecule has 0 atom stereocenters. The fourth-order valence-corrected chi connectivity index (χ4v) is 1.34. The number of benzene rings is 1. The summed E-state index contributed by atoms with van der Waals surface area (Å²) in [5, 5.41) is 2.49. The molecule has 0 saturated heterocycles. The van der Waals surface area contributed by atoms with Crippen molar-refractivity contribution < 1.29 is 18.7 Å². The van der Waals surface area contributed by atoms with Gasteiger partial charge in [0.15, 0.2) is 0 Å². The molecule has 98 valence electrons. The molecule has 18 heavy (non-hydrogen) atoms. The van der Waals surface area contributed by atoms with Crippen molar-refractivity contribution in [2.24, 2.45) is 5.73 Å². The lowest BCUT2D eigenvalue weighted by atomic mass is 10.1. The highest BCUT2D eigenvalue weighted by Gasteiger charge is 2.09. The average molecular weight is 254 g/mol. The summed E-state index contributed by atoms with van der Waals surface area (Å²) in [5.41, 5.74) is 5.85. The molecule has 0 aliphatic heterocycles. The van der Waals surface area contributed by atoms with Gasteiger partial charge >= 0.3 is 5.97 Å². The number of halogens is 1. The average Bonchev–Trinajstić information content (AvgIpc) is 2.38. The Kier molecular flexibility index (Phi) is 5.26. The minimum Gasteiger partial charge on any atom is -0.469 e. The van der Waals surface area contributed by atoms with Gasteiger partial charge in [-0.1, -0.05) is 6.07 Å². The van der Waals surface area contributed by atoms with Crippen LogP contribution in [-0.4, -0.2) is 25.5 Å². The Balaban J connectivity index is 2.56. The number of nitrogens with two attached hydrogens (primary N) is 1. The standard InChI is InChI=1S/C12H15FN2O3/c1-18-11(16)4-5-15-12(17)8-2-3-9(7-14)10(13)6-8/h2-3,6H,4-5,7,14H2,1H3,(H,15,17). The molecular weight excluding hydrogens is 239 g/mol. The van der Waals surface area contributed by atoms with Crippen LogP contribution in [-0.2, 0) is 16.1 Å². The molecule has 0 aliphatic rings. The summed E-state index contributed by atoms with van der Waals surface area (Å²) >= 11 is 0. The molecule has 6 heteroatoms. The van der Waals surface area contributed by atoms with E-state index in [1.165, 1.54) is 19.2 Å². The van der Waals surface area contributed by atoms with Crippen molar-refractivity contribution in [3.05, 3.63) is 35.1 Å². The van der Waals surface area contributed by atoms with Crippen molar-refractivity contribution in [2.75, 3.05) is 13.7 Å². The van der Waals surface area contributed by atoms with Crippen LogP contribution in [0.3, 0.4) is 0 Å². The van der Waals surface area contributed by atoms with Gasteiger partial charge in [0.1, 0.15) is 5.82 Å². The van der Waals surface area contributed by atoms with Gasteiger partial charge in [-0.15, -0.1) is 0 Å². The lowest BCUT2D eigenvalue weighted by Gasteiger charge is -2.06. The molecule has 0 saturated carbocycles. The highest BCUT2D eigenvalue weighted by atomic mass is 19.1. The Labute approximate surface area is 104 Å². The molecule has 3 N–H and O–H groups in total. The normalized spacial score (nSPS) is 9.94. The van der Waals surface area contributed by atoms with Crippen molar-refractivity contribution in [3.8, 4) is 0 Å². The quantitative estimate of drug-likeness (QED) is 0.753. The maximum Gasteiger partial charge on any atom is 0.307 e. The Morgan fingerprint density at radius 3 is 2.72 bits per heavy atom. The van der Waals surface area contributed by atoms with E-state index in [0.717, 1.165) is 6.07 Å². The zero-order valence-electron chi connectivity index (χ0n) is 10.0. The van der Waals surface area contributed by atoms with Crippen LogP contribution in [0.25, 0.3) is 0 Å². The molecular formula is C12H15FN2O3. The second-order valence-electron chi connectivity index (χ2n) is 3.59. The first-order chi connectivity index (χ1) is 8.58. The SMILES string of the molecule is COC(=O)CCNC(=O)c1ccc(CN)c(F)c1. The Bertz CT molecular complexity index is 449. The van der Waals surface area contributed by atoms with E-state index < -0.39 is 17.7 Å². The Morgan fingerprint density at radius 1 is 1.44 bits per heavy atom. The zero-order valence-corrected chi connectivity index (χ0v) is 10.0. The predicted octanol–water partition coefficient (Wildman–Crippen LogP) is 0.577. The first kappa shape index (κ1) is 14.1. The van der Waals surface area contributed by atoms with Gasteiger partial charge in [0.05, 0.1) is 13.5 Å². The van der Waals surface area contributed by atoms with Crippen molar-refractivity contribution >= 4 is 11.9 Å². The summed E-state index contributed by atoms with van der Waals surface area (Å²) in [4.78, 5) is 22.4. The van der Waals surface area contributed by atoms with Gasteiger partial charge in [-0.05, 0) is 12.1 Å². The van der Waals surface area contributed by atoms with Gasteiger partial charge in [-0.3, -0.25) is 9.59 Å². The van der Waals surface area contributed by atoms with Gasteiger partial charge in [-0.25, -0.2) is 4.39 Å². The highest BCUT2D eigenvalue weighted by molar-refractivity contribution is 5.94. The third-order valence-electron chi connectivity index (χ3n) is 2.38. The molecule has 0 aromatic heterocycles. The Hall–Kier alpha value is -1.95. The van der Waals surface area contributed by atoms with Gasteiger partial charge in [0.2, 0.25) is 0 Å². The van der Waals surface area contributed by atoms with Crippen molar-refractivity contribution in [2.45, 2.75) is 13.0 Å². The number of amides is 1. The maximum absolute atomic E-state index is 13.4. The first-order valence-corrected chi connectivity index (χ1v) is 5.42. The van der Waals surface area contributed by atoms with Gasteiger partial charge in [0.25, 0.3) is 5.91 Å². The minimum absolute atomic E-state index is 0.0750. The van der Waals surface area contributed by atoms with Crippen LogP contribution in [0.4, 0.5) is 4.39 Å². The zero-order chi connectivity index (χ0) is 13.5. The largest absolute Gasteiger partial charge is 0.469 e. The highest BCUT2D eigenvalue weighted by Crippen LogP contribution is 2.09. The van der Waals surface area contributed by atoms with Crippen LogP contribution in [0.1, 0.15) is 22.3 Å². The number of nitrogens with one attached hydrogen (secondary N) is 1. The molecule has 1 rings (SSSR count). The minimum atomic E-state index is -0.516. The second kappa shape index (κ2) is 6.70. The van der Waals surface area contributed by atoms with Crippen LogP contribution in [0, 0.1) is 5.82 Å². The Morgan fingerprint density at radius 2 is 2.17 bits per heavy atom. The molecule has 0 fully saturated rings. The second-order valence-corrected chi connectivity index (χ2v) is 3.59. The van der Waals surface area contributed by atoms with E-state index in [9.17, 15) is 14.0 Å². The van der Waals surface area contributed by atoms with E-state index in [1.807, 2.05) is 0 Å². The van der Waals surface area contributed by atoms with Crippen LogP contribution in [0.15, 0.2) is 18.2 Å². The lowest BCUT2D eigenvalue weighted by Crippen LogP contribution is -2.26. The maximum atomic E-state index is 13.4. The van der Waals surface area contributed by atoms with E-state index in [2.05, 4.69) is 10.1 Å². The number of methoxy groups -OCH3 is 1. The lowest BCUT2D eigenvalue weighted by molar-refractivity contribution is -0.140. The molecule has 0 aliphatic carbocycles. The molecule has 0 radical (unpaired) electrons. The molecule has 5 nitrogen and oxygen atoms in total. The van der Waals surface area contributed by atoms with Crippen molar-refractivity contribution in [1.29, 1.82) is 0 Å². The van der Waals surface area contributed by atoms with Crippen LogP contribution in [0.5, 0.6) is 0 Å². The van der Waals surface area contributed by atoms with Gasteiger partial charge < -0.3 is 15.8 Å². The van der Waals surface area contributed by atoms with Crippen LogP contribution < -0.4 is 11.1 Å². The van der Waals surface area contributed by atoms with E-state index >= 15 is 0 Å². The molecule has 1 amide bonds. The number of carbonyl (C=O) groups is 2. The fraction of sp³-hybridized carbons (Fsp3) is 0.333. The number of rotatable bonds is 5. The molecule has 1 aromatic carbocycles. The van der Waals surface area contributed by atoms with E-state index in [-0.39, 0.29) is 25.1 Å². The van der Waals surface area contributed by atoms with Gasteiger partial charge in [-0.2, -0.15) is 0 Å². The van der Waals surface area contributed by atoms with E-state index in [0.29, 0.717) is 5.56 Å². The summed E-state index contributed by atoms with van der Waals surface area (Å²) in [7, 11) is 1.27. The summed E-state index contributed by atoms with van der Waals surface area (Å²) < 4.78 is 17.8. The van der Waals surface area contributed by atoms with Crippen molar-refractivity contribution in [1.82, 2.24) is 5.32 Å². The summed E-state index contributed by atoms with van der Waals surface area (Å²) in [6.07, 6.45) is 0.0750. The number of hydrogen-bond donors (Lipinski definition) is 2. The molecule has 0 heterocycles. The topological polar surface area (TPSA) is 81.4 Å². The van der Waals surface area contributed by atoms with E-state index in [4.69, 9.17) is 5.73 Å². The third kappa shape index (κ3) is 3.81. The monoisotopic (exact) mass is 254 g/mol. The van der Waals surface area contributed by atoms with Crippen LogP contribution >= 0.6 is 0 Å². The predicted molar refractivity (Wildman–Crippen MR) is 63.3 cm³/mol. The summed E-state index contributed by atoms with van der Waals surface area (Å²) in [6.45, 7) is 0.224. The molecule has 1 aromatic rings. The molecule has 0 spiro atoms. The van der Waals surface area contributed by atoms with E-state index in [1.54, 1.807) is 0 Å². The third-order valence-corrected chi connectivity index (χ3v) is 2.38. The fourth-order valence-electron chi connectivity index (χ4n) is 1.34. The number of carbonyl (C=O) groups excluding carboxylic acids is 2. The molecule has 0 bridgehead atoms. The summed E-state index contributed by atoms with van der Waals surface area (Å²) in [6, 6.07) is 4.07. The smallest absolute Gasteiger partial charge is 0.307 e. The van der Waals surface area contributed by atoms with Crippen molar-refractivity contribution in [3.63, 3.8) is 0 Å². The van der Waals surface area contributed by atoms with Gasteiger partial charge in [0, 0.05) is 24.2 Å². The first-order valence-electron chi connectivity index (χ1n) is 5.42. The number of esters is 1. The number of ether oxygens (including phenoxy) is 1. The number of hydrogen-bond acceptors (Lipinski definition) is 4.